The molecule has 1 fully saturated rings. The van der Waals surface area contributed by atoms with Crippen LogP contribution in [0.3, 0.4) is 0 Å². The van der Waals surface area contributed by atoms with Crippen molar-refractivity contribution in [1.29, 1.82) is 0 Å². The van der Waals surface area contributed by atoms with Crippen LogP contribution in [0.5, 0.6) is 5.75 Å². The van der Waals surface area contributed by atoms with Crippen LogP contribution in [0.4, 0.5) is 11.4 Å². The Balaban J connectivity index is 1.53. The Bertz CT molecular complexity index is 851. The van der Waals surface area contributed by atoms with Gasteiger partial charge in [0.2, 0.25) is 5.91 Å². The van der Waals surface area contributed by atoms with E-state index >= 15 is 0 Å². The highest BCUT2D eigenvalue weighted by molar-refractivity contribution is 5.94. The van der Waals surface area contributed by atoms with Crippen molar-refractivity contribution in [2.24, 2.45) is 5.92 Å². The number of benzene rings is 2. The second kappa shape index (κ2) is 9.49. The molecule has 0 radical (unpaired) electrons. The van der Waals surface area contributed by atoms with Crippen LogP contribution < -0.4 is 10.1 Å². The molecule has 0 bridgehead atoms. The number of carbonyl (C=O) groups excluding carboxylic acids is 1. The second-order valence-corrected chi connectivity index (χ2v) is 7.16. The van der Waals surface area contributed by atoms with Gasteiger partial charge in [-0.05, 0) is 49.5 Å². The zero-order chi connectivity index (χ0) is 20.8. The molecule has 3 rings (SSSR count). The predicted octanol–water partition coefficient (Wildman–Crippen LogP) is 2.99. The van der Waals surface area contributed by atoms with Crippen molar-refractivity contribution in [2.75, 3.05) is 32.1 Å². The fourth-order valence-corrected chi connectivity index (χ4v) is 3.64. The number of nitro benzene ring substituents is 1. The Kier molecular flexibility index (Phi) is 6.79. The smallest absolute Gasteiger partial charge is 0.296 e. The first kappa shape index (κ1) is 20.8. The minimum atomic E-state index is -0.547. The standard InChI is InChI=1S/C21H25N3O5/c1-29-17-7-8-18(19(13-17)24(27)28)22-20(25)14-23-11-9-16(10-12-23)21(26)15-5-3-2-4-6-15/h2-8,13,16,21,26H,9-12,14H2,1H3,(H,22,25). The van der Waals surface area contributed by atoms with E-state index in [-0.39, 0.29) is 29.7 Å². The molecule has 0 aliphatic carbocycles. The highest BCUT2D eigenvalue weighted by atomic mass is 16.6. The van der Waals surface area contributed by atoms with E-state index in [1.807, 2.05) is 35.2 Å². The van der Waals surface area contributed by atoms with Gasteiger partial charge in [-0.3, -0.25) is 19.8 Å². The Morgan fingerprint density at radius 2 is 1.97 bits per heavy atom. The molecule has 2 N–H and O–H groups in total. The van der Waals surface area contributed by atoms with Gasteiger partial charge in [0, 0.05) is 0 Å². The second-order valence-electron chi connectivity index (χ2n) is 7.16. The van der Waals surface area contributed by atoms with E-state index < -0.39 is 11.0 Å². The number of rotatable bonds is 7. The Morgan fingerprint density at radius 3 is 2.59 bits per heavy atom. The van der Waals surface area contributed by atoms with E-state index in [0.29, 0.717) is 18.8 Å². The zero-order valence-corrected chi connectivity index (χ0v) is 16.3. The van der Waals surface area contributed by atoms with Gasteiger partial charge in [0.1, 0.15) is 11.4 Å². The quantitative estimate of drug-likeness (QED) is 0.548. The lowest BCUT2D eigenvalue weighted by molar-refractivity contribution is -0.384. The molecule has 8 nitrogen and oxygen atoms in total. The Labute approximate surface area is 169 Å². The van der Waals surface area contributed by atoms with Gasteiger partial charge in [-0.1, -0.05) is 30.3 Å². The Morgan fingerprint density at radius 1 is 1.28 bits per heavy atom. The SMILES string of the molecule is COc1ccc(NC(=O)CN2CCC(C(O)c3ccccc3)CC2)c([N+](=O)[O-])c1. The van der Waals surface area contributed by atoms with Gasteiger partial charge in [0.25, 0.3) is 5.69 Å². The molecule has 1 amide bonds. The molecule has 0 saturated carbocycles. The van der Waals surface area contributed by atoms with Crippen molar-refractivity contribution in [3.05, 3.63) is 64.2 Å². The lowest BCUT2D eigenvalue weighted by Crippen LogP contribution is -2.40. The number of nitro groups is 1. The average molecular weight is 399 g/mol. The summed E-state index contributed by atoms with van der Waals surface area (Å²) in [5.74, 6) is 0.202. The summed E-state index contributed by atoms with van der Waals surface area (Å²) in [5, 5.41) is 24.4. The molecule has 29 heavy (non-hydrogen) atoms. The summed E-state index contributed by atoms with van der Waals surface area (Å²) in [6, 6.07) is 13.9. The van der Waals surface area contributed by atoms with Crippen LogP contribution in [0.25, 0.3) is 0 Å². The topological polar surface area (TPSA) is 105 Å². The largest absolute Gasteiger partial charge is 0.496 e. The van der Waals surface area contributed by atoms with E-state index in [0.717, 1.165) is 18.4 Å². The number of hydrogen-bond donors (Lipinski definition) is 2. The van der Waals surface area contributed by atoms with Crippen molar-refractivity contribution in [3.8, 4) is 5.75 Å². The maximum Gasteiger partial charge on any atom is 0.296 e. The zero-order valence-electron chi connectivity index (χ0n) is 16.3. The average Bonchev–Trinajstić information content (AvgIpc) is 2.74. The number of aliphatic hydroxyl groups excluding tert-OH is 1. The summed E-state index contributed by atoms with van der Waals surface area (Å²) in [6.45, 7) is 1.52. The van der Waals surface area contributed by atoms with Gasteiger partial charge in [0.05, 0.1) is 30.7 Å². The van der Waals surface area contributed by atoms with Crippen molar-refractivity contribution >= 4 is 17.3 Å². The molecular formula is C21H25N3O5. The summed E-state index contributed by atoms with van der Waals surface area (Å²) < 4.78 is 5.00. The number of carbonyl (C=O) groups is 1. The fourth-order valence-electron chi connectivity index (χ4n) is 3.64. The Hall–Kier alpha value is -2.97. The van der Waals surface area contributed by atoms with Crippen molar-refractivity contribution < 1.29 is 19.6 Å². The number of amides is 1. The van der Waals surface area contributed by atoms with Crippen LogP contribution in [-0.2, 0) is 4.79 Å². The molecule has 2 aromatic rings. The number of nitrogens with zero attached hydrogens (tertiary/aromatic N) is 2. The highest BCUT2D eigenvalue weighted by Crippen LogP contribution is 2.31. The third-order valence-corrected chi connectivity index (χ3v) is 5.26. The van der Waals surface area contributed by atoms with Gasteiger partial charge in [-0.2, -0.15) is 0 Å². The summed E-state index contributed by atoms with van der Waals surface area (Å²) in [6.07, 6.45) is 1.06. The molecule has 1 aliphatic heterocycles. The predicted molar refractivity (Wildman–Crippen MR) is 109 cm³/mol. The van der Waals surface area contributed by atoms with E-state index in [2.05, 4.69) is 5.32 Å². The van der Waals surface area contributed by atoms with Crippen LogP contribution in [0.1, 0.15) is 24.5 Å². The first-order chi connectivity index (χ1) is 14.0. The highest BCUT2D eigenvalue weighted by Gasteiger charge is 2.27. The van der Waals surface area contributed by atoms with E-state index in [1.165, 1.54) is 19.2 Å². The third kappa shape index (κ3) is 5.30. The van der Waals surface area contributed by atoms with Gasteiger partial charge in [-0.25, -0.2) is 0 Å². The number of piperidine rings is 1. The van der Waals surface area contributed by atoms with Gasteiger partial charge in [0.15, 0.2) is 0 Å². The molecule has 0 aromatic heterocycles. The molecule has 1 saturated heterocycles. The van der Waals surface area contributed by atoms with Gasteiger partial charge in [-0.15, -0.1) is 0 Å². The molecular weight excluding hydrogens is 374 g/mol. The number of aliphatic hydroxyl groups is 1. The minimum absolute atomic E-state index is 0.148. The summed E-state index contributed by atoms with van der Waals surface area (Å²) in [7, 11) is 1.43. The summed E-state index contributed by atoms with van der Waals surface area (Å²) in [5.41, 5.74) is 0.855. The molecule has 8 heteroatoms. The third-order valence-electron chi connectivity index (χ3n) is 5.26. The first-order valence-corrected chi connectivity index (χ1v) is 9.55. The normalized spacial score (nSPS) is 16.2. The summed E-state index contributed by atoms with van der Waals surface area (Å²) in [4.78, 5) is 25.1. The molecule has 154 valence electrons. The van der Waals surface area contributed by atoms with Crippen molar-refractivity contribution in [1.82, 2.24) is 4.90 Å². The van der Waals surface area contributed by atoms with Crippen LogP contribution in [0.15, 0.2) is 48.5 Å². The van der Waals surface area contributed by atoms with Gasteiger partial charge < -0.3 is 15.2 Å². The monoisotopic (exact) mass is 399 g/mol. The first-order valence-electron chi connectivity index (χ1n) is 9.55. The lowest BCUT2D eigenvalue weighted by atomic mass is 9.87. The van der Waals surface area contributed by atoms with Crippen LogP contribution >= 0.6 is 0 Å². The number of anilines is 1. The van der Waals surface area contributed by atoms with Crippen molar-refractivity contribution in [2.45, 2.75) is 18.9 Å². The van der Waals surface area contributed by atoms with E-state index in [4.69, 9.17) is 4.74 Å². The lowest BCUT2D eigenvalue weighted by Gasteiger charge is -2.33. The van der Waals surface area contributed by atoms with Gasteiger partial charge >= 0.3 is 0 Å². The van der Waals surface area contributed by atoms with E-state index in [9.17, 15) is 20.0 Å². The van der Waals surface area contributed by atoms with Crippen LogP contribution in [0.2, 0.25) is 0 Å². The molecule has 1 heterocycles. The number of methoxy groups -OCH3 is 1. The van der Waals surface area contributed by atoms with Crippen molar-refractivity contribution in [3.63, 3.8) is 0 Å². The molecule has 1 atom stereocenters. The van der Waals surface area contributed by atoms with E-state index in [1.54, 1.807) is 6.07 Å². The molecule has 0 spiro atoms. The molecule has 1 aliphatic rings. The summed E-state index contributed by atoms with van der Waals surface area (Å²) >= 11 is 0. The fraction of sp³-hybridized carbons (Fsp3) is 0.381. The molecule has 1 unspecified atom stereocenters. The number of likely N-dealkylation sites (tertiary alicyclic amines) is 1. The number of hydrogen-bond acceptors (Lipinski definition) is 6. The maximum atomic E-state index is 12.4. The minimum Gasteiger partial charge on any atom is -0.496 e. The molecule has 2 aromatic carbocycles. The number of ether oxygens (including phenoxy) is 1. The van der Waals surface area contributed by atoms with Crippen LogP contribution in [0, 0.1) is 16.0 Å². The maximum absolute atomic E-state index is 12.4. The van der Waals surface area contributed by atoms with Crippen LogP contribution in [-0.4, -0.2) is 47.6 Å². The number of nitrogens with one attached hydrogen (secondary N) is 1.